The number of aromatic nitrogens is 2. The van der Waals surface area contributed by atoms with Gasteiger partial charge in [0.1, 0.15) is 10.7 Å². The zero-order chi connectivity index (χ0) is 21.3. The highest BCUT2D eigenvalue weighted by Gasteiger charge is 2.36. The van der Waals surface area contributed by atoms with Gasteiger partial charge in [0.2, 0.25) is 0 Å². The van der Waals surface area contributed by atoms with Crippen LogP contribution in [0.25, 0.3) is 0 Å². The van der Waals surface area contributed by atoms with E-state index >= 15 is 0 Å². The summed E-state index contributed by atoms with van der Waals surface area (Å²) in [5.41, 5.74) is -0.209. The second-order valence-corrected chi connectivity index (χ2v) is 8.13. The van der Waals surface area contributed by atoms with E-state index in [1.165, 1.54) is 18.4 Å². The topological polar surface area (TPSA) is 73.2 Å². The summed E-state index contributed by atoms with van der Waals surface area (Å²) in [6, 6.07) is 0.694. The number of amides is 1. The largest absolute Gasteiger partial charge is 0.459 e. The molecule has 1 amide bonds. The number of nitrogens with zero attached hydrogens (tertiary/aromatic N) is 2. The van der Waals surface area contributed by atoms with Gasteiger partial charge in [0, 0.05) is 18.0 Å². The molecule has 2 aromatic rings. The van der Waals surface area contributed by atoms with Crippen molar-refractivity contribution in [3.05, 3.63) is 33.5 Å². The summed E-state index contributed by atoms with van der Waals surface area (Å²) >= 11 is 1.28. The van der Waals surface area contributed by atoms with Gasteiger partial charge < -0.3 is 10.1 Å². The van der Waals surface area contributed by atoms with Crippen LogP contribution in [0.4, 0.5) is 18.2 Å². The molecule has 1 unspecified atom stereocenters. The number of ether oxygens (including phenoxy) is 1. The molecule has 158 valence electrons. The van der Waals surface area contributed by atoms with E-state index in [9.17, 15) is 22.8 Å². The highest BCUT2D eigenvalue weighted by Crippen LogP contribution is 2.39. The molecule has 3 rings (SSSR count). The molecule has 0 aromatic carbocycles. The summed E-state index contributed by atoms with van der Waals surface area (Å²) in [6.07, 6.45) is -0.871. The van der Waals surface area contributed by atoms with Crippen molar-refractivity contribution in [3.8, 4) is 0 Å². The zero-order valence-corrected chi connectivity index (χ0v) is 17.2. The Bertz CT molecular complexity index is 933. The molecule has 0 aliphatic heterocycles. The van der Waals surface area contributed by atoms with Gasteiger partial charge in [-0.3, -0.25) is 9.48 Å². The monoisotopic (exact) mass is 429 g/mol. The fourth-order valence-corrected chi connectivity index (χ4v) is 4.45. The van der Waals surface area contributed by atoms with E-state index in [4.69, 9.17) is 4.74 Å². The SMILES string of the molecule is CCC(C)OC(=O)c1c(NC(=O)c2cc(C(F)(F)F)nn2C)sc2c1CCCC2. The number of halogens is 3. The van der Waals surface area contributed by atoms with E-state index in [0.29, 0.717) is 29.5 Å². The fraction of sp³-hybridized carbons (Fsp3) is 0.526. The number of hydrogen-bond acceptors (Lipinski definition) is 5. The summed E-state index contributed by atoms with van der Waals surface area (Å²) in [5.74, 6) is -1.28. The molecular weight excluding hydrogens is 407 g/mol. The zero-order valence-electron chi connectivity index (χ0n) is 16.4. The van der Waals surface area contributed by atoms with Crippen LogP contribution in [0.5, 0.6) is 0 Å². The molecule has 0 radical (unpaired) electrons. The maximum atomic E-state index is 12.9. The van der Waals surface area contributed by atoms with Crippen LogP contribution < -0.4 is 5.32 Å². The predicted octanol–water partition coefficient (Wildman–Crippen LogP) is 4.59. The van der Waals surface area contributed by atoms with Crippen molar-refractivity contribution >= 4 is 28.2 Å². The maximum Gasteiger partial charge on any atom is 0.435 e. The number of carbonyl (C=O) groups excluding carboxylic acids is 2. The highest BCUT2D eigenvalue weighted by atomic mass is 32.1. The van der Waals surface area contributed by atoms with Crippen LogP contribution in [0.3, 0.4) is 0 Å². The number of rotatable bonds is 5. The van der Waals surface area contributed by atoms with E-state index in [-0.39, 0.29) is 11.8 Å². The average Bonchev–Trinajstić information content (AvgIpc) is 3.21. The van der Waals surface area contributed by atoms with Crippen molar-refractivity contribution in [2.75, 3.05) is 5.32 Å². The van der Waals surface area contributed by atoms with Crippen molar-refractivity contribution in [1.29, 1.82) is 0 Å². The molecule has 1 aliphatic carbocycles. The van der Waals surface area contributed by atoms with Gasteiger partial charge in [0.25, 0.3) is 5.91 Å². The number of thiophene rings is 1. The number of anilines is 1. The minimum atomic E-state index is -4.65. The van der Waals surface area contributed by atoms with E-state index in [2.05, 4.69) is 10.4 Å². The van der Waals surface area contributed by atoms with Gasteiger partial charge in [-0.15, -0.1) is 11.3 Å². The van der Waals surface area contributed by atoms with Crippen LogP contribution >= 0.6 is 11.3 Å². The van der Waals surface area contributed by atoms with Gasteiger partial charge in [-0.1, -0.05) is 6.92 Å². The molecule has 2 heterocycles. The summed E-state index contributed by atoms with van der Waals surface area (Å²) in [6.45, 7) is 3.67. The molecule has 29 heavy (non-hydrogen) atoms. The Morgan fingerprint density at radius 1 is 1.34 bits per heavy atom. The lowest BCUT2D eigenvalue weighted by Gasteiger charge is -2.15. The van der Waals surface area contributed by atoms with Crippen LogP contribution in [-0.4, -0.2) is 27.8 Å². The quantitative estimate of drug-likeness (QED) is 0.706. The molecule has 1 aliphatic rings. The smallest absolute Gasteiger partial charge is 0.435 e. The Morgan fingerprint density at radius 2 is 2.03 bits per heavy atom. The molecule has 0 saturated heterocycles. The molecule has 6 nitrogen and oxygen atoms in total. The Labute approximate surface area is 170 Å². The molecular formula is C19H22F3N3O3S. The Kier molecular flexibility index (Phi) is 6.02. The first-order valence-electron chi connectivity index (χ1n) is 9.39. The van der Waals surface area contributed by atoms with E-state index in [1.807, 2.05) is 6.92 Å². The Morgan fingerprint density at radius 3 is 2.66 bits per heavy atom. The maximum absolute atomic E-state index is 12.9. The summed E-state index contributed by atoms with van der Waals surface area (Å²) < 4.78 is 45.0. The van der Waals surface area contributed by atoms with Gasteiger partial charge in [-0.25, -0.2) is 4.79 Å². The number of nitrogens with one attached hydrogen (secondary N) is 1. The van der Waals surface area contributed by atoms with Crippen molar-refractivity contribution in [1.82, 2.24) is 9.78 Å². The minimum absolute atomic E-state index is 0.245. The summed E-state index contributed by atoms with van der Waals surface area (Å²) in [4.78, 5) is 26.4. The standard InChI is InChI=1S/C19H22F3N3O3S/c1-4-10(2)28-18(27)15-11-7-5-6-8-13(11)29-17(15)23-16(26)12-9-14(19(20,21)22)24-25(12)3/h9-10H,4-8H2,1-3H3,(H,23,26). The normalized spacial score (nSPS) is 15.0. The number of hydrogen-bond donors (Lipinski definition) is 1. The number of aryl methyl sites for hydroxylation is 2. The lowest BCUT2D eigenvalue weighted by atomic mass is 9.95. The number of alkyl halides is 3. The molecule has 2 aromatic heterocycles. The number of esters is 1. The molecule has 0 fully saturated rings. The van der Waals surface area contributed by atoms with Crippen molar-refractivity contribution < 1.29 is 27.5 Å². The Balaban J connectivity index is 1.93. The molecule has 0 saturated carbocycles. The van der Waals surface area contributed by atoms with Crippen molar-refractivity contribution in [3.63, 3.8) is 0 Å². The third-order valence-electron chi connectivity index (χ3n) is 4.89. The number of carbonyl (C=O) groups is 2. The fourth-order valence-electron chi connectivity index (χ4n) is 3.18. The summed E-state index contributed by atoms with van der Waals surface area (Å²) in [5, 5.41) is 6.28. The van der Waals surface area contributed by atoms with Crippen molar-refractivity contribution in [2.45, 2.75) is 58.2 Å². The van der Waals surface area contributed by atoms with Crippen LogP contribution in [0.1, 0.15) is 70.1 Å². The van der Waals surface area contributed by atoms with Crippen LogP contribution in [0.2, 0.25) is 0 Å². The highest BCUT2D eigenvalue weighted by molar-refractivity contribution is 7.17. The third kappa shape index (κ3) is 4.47. The van der Waals surface area contributed by atoms with E-state index in [0.717, 1.165) is 34.4 Å². The Hall–Kier alpha value is -2.36. The lowest BCUT2D eigenvalue weighted by Crippen LogP contribution is -2.20. The molecule has 1 atom stereocenters. The second-order valence-electron chi connectivity index (χ2n) is 7.03. The van der Waals surface area contributed by atoms with Gasteiger partial charge in [0.15, 0.2) is 5.69 Å². The van der Waals surface area contributed by atoms with Gasteiger partial charge in [-0.05, 0) is 44.6 Å². The molecule has 1 N–H and O–H groups in total. The molecule has 0 bridgehead atoms. The van der Waals surface area contributed by atoms with Crippen molar-refractivity contribution in [2.24, 2.45) is 7.05 Å². The van der Waals surface area contributed by atoms with Gasteiger partial charge >= 0.3 is 12.1 Å². The molecule has 10 heteroatoms. The first kappa shape index (κ1) is 21.4. The van der Waals surface area contributed by atoms with Crippen LogP contribution in [-0.2, 0) is 30.8 Å². The van der Waals surface area contributed by atoms with Crippen LogP contribution in [0, 0.1) is 0 Å². The second kappa shape index (κ2) is 8.17. The summed E-state index contributed by atoms with van der Waals surface area (Å²) in [7, 11) is 1.27. The van der Waals surface area contributed by atoms with E-state index < -0.39 is 23.7 Å². The predicted molar refractivity (Wildman–Crippen MR) is 102 cm³/mol. The lowest BCUT2D eigenvalue weighted by molar-refractivity contribution is -0.141. The van der Waals surface area contributed by atoms with E-state index in [1.54, 1.807) is 6.92 Å². The average molecular weight is 429 g/mol. The first-order valence-corrected chi connectivity index (χ1v) is 10.2. The van der Waals surface area contributed by atoms with Gasteiger partial charge in [-0.2, -0.15) is 18.3 Å². The molecule has 0 spiro atoms. The van der Waals surface area contributed by atoms with Gasteiger partial charge in [0.05, 0.1) is 11.7 Å². The van der Waals surface area contributed by atoms with Crippen LogP contribution in [0.15, 0.2) is 6.07 Å². The number of fused-ring (bicyclic) bond motifs is 1. The minimum Gasteiger partial charge on any atom is -0.459 e. The first-order chi connectivity index (χ1) is 13.6. The third-order valence-corrected chi connectivity index (χ3v) is 6.10.